The summed E-state index contributed by atoms with van der Waals surface area (Å²) in [7, 11) is 0. The summed E-state index contributed by atoms with van der Waals surface area (Å²) in [6.07, 6.45) is 1.59. The Morgan fingerprint density at radius 1 is 1.25 bits per heavy atom. The normalized spacial score (nSPS) is 18.7. The largest absolute Gasteiger partial charge is 0.335 e. The number of rotatable bonds is 4. The Morgan fingerprint density at radius 2 is 1.85 bits per heavy atom. The van der Waals surface area contributed by atoms with Crippen LogP contribution in [-0.2, 0) is 4.79 Å². The first-order valence-corrected chi connectivity index (χ1v) is 7.31. The second-order valence-corrected chi connectivity index (χ2v) is 5.95. The van der Waals surface area contributed by atoms with Crippen LogP contribution in [-0.4, -0.2) is 29.7 Å². The van der Waals surface area contributed by atoms with E-state index in [1.54, 1.807) is 4.90 Å². The highest BCUT2D eigenvalue weighted by atomic mass is 16.2. The van der Waals surface area contributed by atoms with Crippen molar-refractivity contribution in [1.29, 1.82) is 0 Å². The monoisotopic (exact) mass is 273 g/mol. The molecule has 1 saturated heterocycles. The Hall–Kier alpha value is -1.64. The number of hydrogen-bond donors (Lipinski definition) is 0. The van der Waals surface area contributed by atoms with E-state index >= 15 is 0 Å². The molecule has 1 aliphatic rings. The number of aryl methyl sites for hydroxylation is 3. The highest BCUT2D eigenvalue weighted by molar-refractivity contribution is 6.02. The first kappa shape index (κ1) is 14.8. The summed E-state index contributed by atoms with van der Waals surface area (Å²) in [4.78, 5) is 26.1. The number of ketones is 1. The number of amides is 1. The molecule has 1 aliphatic heterocycles. The van der Waals surface area contributed by atoms with Crippen LogP contribution >= 0.6 is 0 Å². The first-order chi connectivity index (χ1) is 9.42. The molecule has 1 amide bonds. The molecule has 2 rings (SSSR count). The predicted octanol–water partition coefficient (Wildman–Crippen LogP) is 3.05. The molecule has 0 bridgehead atoms. The second-order valence-electron chi connectivity index (χ2n) is 5.95. The molecule has 0 radical (unpaired) electrons. The average molecular weight is 273 g/mol. The third-order valence-corrected chi connectivity index (χ3v) is 4.16. The van der Waals surface area contributed by atoms with E-state index in [-0.39, 0.29) is 18.2 Å². The fourth-order valence-corrected chi connectivity index (χ4v) is 3.15. The van der Waals surface area contributed by atoms with Gasteiger partial charge in [-0.05, 0) is 37.8 Å². The van der Waals surface area contributed by atoms with Gasteiger partial charge in [0.2, 0.25) is 5.91 Å². The molecular formula is C17H23NO2. The van der Waals surface area contributed by atoms with Crippen molar-refractivity contribution in [3.8, 4) is 0 Å². The molecule has 0 N–H and O–H groups in total. The van der Waals surface area contributed by atoms with Gasteiger partial charge in [-0.15, -0.1) is 0 Å². The highest BCUT2D eigenvalue weighted by Crippen LogP contribution is 2.22. The zero-order chi connectivity index (χ0) is 14.9. The Kier molecular flexibility index (Phi) is 4.26. The number of nitrogens with zero attached hydrogens (tertiary/aromatic N) is 1. The second kappa shape index (κ2) is 5.78. The van der Waals surface area contributed by atoms with Gasteiger partial charge in [-0.1, -0.05) is 31.0 Å². The lowest BCUT2D eigenvalue weighted by atomic mass is 9.96. The van der Waals surface area contributed by atoms with Crippen molar-refractivity contribution in [3.05, 3.63) is 34.4 Å². The SMILES string of the molecule is CCC1CC(=O)N(CC(=O)c2c(C)cc(C)cc2C)C1. The Balaban J connectivity index is 2.15. The number of likely N-dealkylation sites (tertiary alicyclic amines) is 1. The minimum Gasteiger partial charge on any atom is -0.335 e. The third kappa shape index (κ3) is 2.92. The van der Waals surface area contributed by atoms with Gasteiger partial charge in [0.25, 0.3) is 0 Å². The summed E-state index contributed by atoms with van der Waals surface area (Å²) in [6.45, 7) is 9.01. The molecule has 0 saturated carbocycles. The molecule has 1 unspecified atom stereocenters. The Labute approximate surface area is 121 Å². The molecule has 108 valence electrons. The summed E-state index contributed by atoms with van der Waals surface area (Å²) in [5, 5.41) is 0. The summed E-state index contributed by atoms with van der Waals surface area (Å²) in [5.41, 5.74) is 3.96. The molecular weight excluding hydrogens is 250 g/mol. The van der Waals surface area contributed by atoms with Crippen molar-refractivity contribution in [2.24, 2.45) is 5.92 Å². The zero-order valence-electron chi connectivity index (χ0n) is 12.8. The van der Waals surface area contributed by atoms with Crippen LogP contribution in [0.4, 0.5) is 0 Å². The standard InChI is InChI=1S/C17H23NO2/c1-5-14-8-16(20)18(9-14)10-15(19)17-12(3)6-11(2)7-13(17)4/h6-7,14H,5,8-10H2,1-4H3. The van der Waals surface area contributed by atoms with Gasteiger partial charge in [0.15, 0.2) is 5.78 Å². The molecule has 3 nitrogen and oxygen atoms in total. The van der Waals surface area contributed by atoms with Crippen molar-refractivity contribution in [2.45, 2.75) is 40.5 Å². The van der Waals surface area contributed by atoms with E-state index in [1.807, 2.05) is 32.9 Å². The minimum absolute atomic E-state index is 0.0603. The van der Waals surface area contributed by atoms with Crippen LogP contribution in [0.3, 0.4) is 0 Å². The number of carbonyl (C=O) groups excluding carboxylic acids is 2. The van der Waals surface area contributed by atoms with Gasteiger partial charge in [0.05, 0.1) is 6.54 Å². The average Bonchev–Trinajstić information content (AvgIpc) is 2.68. The van der Waals surface area contributed by atoms with Crippen LogP contribution in [0, 0.1) is 26.7 Å². The summed E-state index contributed by atoms with van der Waals surface area (Å²) >= 11 is 0. The van der Waals surface area contributed by atoms with E-state index in [2.05, 4.69) is 6.92 Å². The van der Waals surface area contributed by atoms with Gasteiger partial charge in [-0.2, -0.15) is 0 Å². The van der Waals surface area contributed by atoms with Crippen molar-refractivity contribution in [2.75, 3.05) is 13.1 Å². The molecule has 0 aliphatic carbocycles. The van der Waals surface area contributed by atoms with Crippen LogP contribution in [0.1, 0.15) is 46.8 Å². The number of hydrogen-bond acceptors (Lipinski definition) is 2. The molecule has 1 aromatic carbocycles. The number of Topliss-reactive ketones (excluding diaryl/α,β-unsaturated/α-hetero) is 1. The summed E-state index contributed by atoms with van der Waals surface area (Å²) in [6, 6.07) is 4.06. The topological polar surface area (TPSA) is 37.4 Å². The third-order valence-electron chi connectivity index (χ3n) is 4.16. The quantitative estimate of drug-likeness (QED) is 0.791. The lowest BCUT2D eigenvalue weighted by Gasteiger charge is -2.17. The molecule has 1 atom stereocenters. The fraction of sp³-hybridized carbons (Fsp3) is 0.529. The van der Waals surface area contributed by atoms with E-state index in [0.717, 1.165) is 29.7 Å². The van der Waals surface area contributed by atoms with E-state index in [1.165, 1.54) is 5.56 Å². The molecule has 20 heavy (non-hydrogen) atoms. The summed E-state index contributed by atoms with van der Waals surface area (Å²) in [5.74, 6) is 0.591. The maximum Gasteiger partial charge on any atom is 0.223 e. The maximum absolute atomic E-state index is 12.5. The van der Waals surface area contributed by atoms with Crippen LogP contribution < -0.4 is 0 Å². The number of carbonyl (C=O) groups is 2. The van der Waals surface area contributed by atoms with Crippen LogP contribution in [0.25, 0.3) is 0 Å². The smallest absolute Gasteiger partial charge is 0.223 e. The minimum atomic E-state index is 0.0603. The molecule has 0 spiro atoms. The first-order valence-electron chi connectivity index (χ1n) is 7.31. The van der Waals surface area contributed by atoms with Gasteiger partial charge in [0.1, 0.15) is 0 Å². The molecule has 1 fully saturated rings. The van der Waals surface area contributed by atoms with E-state index < -0.39 is 0 Å². The molecule has 1 heterocycles. The lowest BCUT2D eigenvalue weighted by Crippen LogP contribution is -2.32. The molecule has 0 aromatic heterocycles. The van der Waals surface area contributed by atoms with Crippen molar-refractivity contribution < 1.29 is 9.59 Å². The fourth-order valence-electron chi connectivity index (χ4n) is 3.15. The Bertz CT molecular complexity index is 525. The summed E-state index contributed by atoms with van der Waals surface area (Å²) < 4.78 is 0. The Morgan fingerprint density at radius 3 is 2.35 bits per heavy atom. The maximum atomic E-state index is 12.5. The lowest BCUT2D eigenvalue weighted by molar-refractivity contribution is -0.127. The molecule has 3 heteroatoms. The van der Waals surface area contributed by atoms with E-state index in [0.29, 0.717) is 12.3 Å². The van der Waals surface area contributed by atoms with Crippen LogP contribution in [0.15, 0.2) is 12.1 Å². The molecule has 1 aromatic rings. The number of benzene rings is 1. The van der Waals surface area contributed by atoms with E-state index in [4.69, 9.17) is 0 Å². The van der Waals surface area contributed by atoms with Crippen molar-refractivity contribution in [1.82, 2.24) is 4.90 Å². The predicted molar refractivity (Wildman–Crippen MR) is 80.0 cm³/mol. The highest BCUT2D eigenvalue weighted by Gasteiger charge is 2.30. The van der Waals surface area contributed by atoms with Gasteiger partial charge < -0.3 is 4.90 Å². The van der Waals surface area contributed by atoms with Gasteiger partial charge in [-0.25, -0.2) is 0 Å². The van der Waals surface area contributed by atoms with Gasteiger partial charge >= 0.3 is 0 Å². The van der Waals surface area contributed by atoms with Gasteiger partial charge in [-0.3, -0.25) is 9.59 Å². The van der Waals surface area contributed by atoms with Gasteiger partial charge in [0, 0.05) is 18.5 Å². The van der Waals surface area contributed by atoms with Crippen molar-refractivity contribution in [3.63, 3.8) is 0 Å². The zero-order valence-corrected chi connectivity index (χ0v) is 12.8. The van der Waals surface area contributed by atoms with Crippen LogP contribution in [0.2, 0.25) is 0 Å². The van der Waals surface area contributed by atoms with E-state index in [9.17, 15) is 9.59 Å². The van der Waals surface area contributed by atoms with Crippen LogP contribution in [0.5, 0.6) is 0 Å². The van der Waals surface area contributed by atoms with Crippen molar-refractivity contribution >= 4 is 11.7 Å².